The number of nitriles is 1. The van der Waals surface area contributed by atoms with Crippen LogP contribution in [-0.2, 0) is 6.61 Å². The third-order valence-corrected chi connectivity index (χ3v) is 6.43. The molecule has 3 aromatic heterocycles. The highest BCUT2D eigenvalue weighted by Gasteiger charge is 2.26. The molecule has 0 aliphatic heterocycles. The van der Waals surface area contributed by atoms with Crippen LogP contribution in [0.25, 0.3) is 22.8 Å². The first-order valence-electron chi connectivity index (χ1n) is 11.4. The van der Waals surface area contributed by atoms with Gasteiger partial charge in [0, 0.05) is 18.3 Å². The Kier molecular flexibility index (Phi) is 7.46. The first-order chi connectivity index (χ1) is 19.0. The molecule has 2 aromatic carbocycles. The van der Waals surface area contributed by atoms with Crippen LogP contribution in [0.4, 0.5) is 11.6 Å². The molecular formula is C28H18IN3O7. The fourth-order valence-corrected chi connectivity index (χ4v) is 4.59. The van der Waals surface area contributed by atoms with E-state index in [1.54, 1.807) is 48.7 Å². The van der Waals surface area contributed by atoms with Crippen molar-refractivity contribution in [2.24, 2.45) is 4.99 Å². The molecule has 0 spiro atoms. The van der Waals surface area contributed by atoms with E-state index < -0.39 is 4.92 Å². The van der Waals surface area contributed by atoms with Crippen molar-refractivity contribution in [3.8, 4) is 40.4 Å². The highest BCUT2D eigenvalue weighted by molar-refractivity contribution is 14.1. The summed E-state index contributed by atoms with van der Waals surface area (Å²) in [7, 11) is 1.52. The average Bonchev–Trinajstić information content (AvgIpc) is 3.72. The third kappa shape index (κ3) is 5.41. The summed E-state index contributed by atoms with van der Waals surface area (Å²) in [5.41, 5.74) is 2.12. The lowest BCUT2D eigenvalue weighted by atomic mass is 10.1. The standard InChI is InChI=1S/C28H18IN3O7/c1-35-24-13-18(12-21(29)26(24)38-16-17-6-8-19(9-7-17)32(33)34)15-31-28-20(14-30)25(22-4-2-10-36-22)27(39-28)23-5-3-11-37-23/h2-13,15H,16H2,1H3. The fraction of sp³-hybridized carbons (Fsp3) is 0.0714. The van der Waals surface area contributed by atoms with Crippen LogP contribution >= 0.6 is 22.6 Å². The summed E-state index contributed by atoms with van der Waals surface area (Å²) >= 11 is 2.13. The van der Waals surface area contributed by atoms with Gasteiger partial charge in [0.25, 0.3) is 5.69 Å². The molecule has 5 rings (SSSR count). The number of rotatable bonds is 9. The van der Waals surface area contributed by atoms with E-state index in [1.807, 2.05) is 6.07 Å². The topological polar surface area (TPSA) is 137 Å². The van der Waals surface area contributed by atoms with E-state index in [9.17, 15) is 15.4 Å². The fourth-order valence-electron chi connectivity index (χ4n) is 3.81. The minimum Gasteiger partial charge on any atom is -0.493 e. The molecule has 0 radical (unpaired) electrons. The van der Waals surface area contributed by atoms with E-state index in [0.29, 0.717) is 39.9 Å². The van der Waals surface area contributed by atoms with Crippen molar-refractivity contribution >= 4 is 40.4 Å². The van der Waals surface area contributed by atoms with Gasteiger partial charge in [0.15, 0.2) is 23.0 Å². The van der Waals surface area contributed by atoms with Crippen LogP contribution in [-0.4, -0.2) is 18.2 Å². The van der Waals surface area contributed by atoms with Gasteiger partial charge >= 0.3 is 0 Å². The van der Waals surface area contributed by atoms with Gasteiger partial charge in [-0.2, -0.15) is 5.26 Å². The Labute approximate surface area is 235 Å². The predicted octanol–water partition coefficient (Wildman–Crippen LogP) is 7.52. The van der Waals surface area contributed by atoms with Crippen LogP contribution in [0.2, 0.25) is 0 Å². The molecule has 0 fully saturated rings. The zero-order valence-corrected chi connectivity index (χ0v) is 22.4. The second-order valence-electron chi connectivity index (χ2n) is 8.06. The van der Waals surface area contributed by atoms with E-state index >= 15 is 0 Å². The lowest BCUT2D eigenvalue weighted by Gasteiger charge is -2.13. The Bertz CT molecular complexity index is 1680. The van der Waals surface area contributed by atoms with Crippen LogP contribution in [0.1, 0.15) is 16.7 Å². The van der Waals surface area contributed by atoms with Crippen molar-refractivity contribution in [2.75, 3.05) is 7.11 Å². The summed E-state index contributed by atoms with van der Waals surface area (Å²) in [6, 6.07) is 18.8. The number of non-ortho nitro benzene ring substituents is 1. The minimum atomic E-state index is -0.450. The summed E-state index contributed by atoms with van der Waals surface area (Å²) in [5.74, 6) is 2.31. The number of nitrogens with zero attached hydrogens (tertiary/aromatic N) is 3. The lowest BCUT2D eigenvalue weighted by Crippen LogP contribution is -2.01. The normalized spacial score (nSPS) is 11.0. The molecule has 0 aliphatic carbocycles. The Morgan fingerprint density at radius 3 is 2.44 bits per heavy atom. The molecule has 39 heavy (non-hydrogen) atoms. The quantitative estimate of drug-likeness (QED) is 0.0702. The number of ether oxygens (including phenoxy) is 2. The Morgan fingerprint density at radius 2 is 1.82 bits per heavy atom. The van der Waals surface area contributed by atoms with Crippen molar-refractivity contribution in [1.29, 1.82) is 5.26 Å². The predicted molar refractivity (Wildman–Crippen MR) is 149 cm³/mol. The molecule has 194 valence electrons. The second-order valence-corrected chi connectivity index (χ2v) is 9.22. The summed E-state index contributed by atoms with van der Waals surface area (Å²) in [6.45, 7) is 0.195. The molecule has 0 saturated heterocycles. The molecule has 0 N–H and O–H groups in total. The molecule has 0 saturated carbocycles. The van der Waals surface area contributed by atoms with Crippen LogP contribution in [0.15, 0.2) is 91.4 Å². The van der Waals surface area contributed by atoms with E-state index in [1.165, 1.54) is 31.8 Å². The van der Waals surface area contributed by atoms with Gasteiger partial charge in [-0.05, 0) is 82.2 Å². The molecule has 0 aliphatic rings. The summed E-state index contributed by atoms with van der Waals surface area (Å²) in [4.78, 5) is 14.9. The molecule has 0 bridgehead atoms. The molecule has 11 heteroatoms. The van der Waals surface area contributed by atoms with Crippen LogP contribution in [0, 0.1) is 25.0 Å². The molecular weight excluding hydrogens is 617 g/mol. The zero-order chi connectivity index (χ0) is 27.4. The van der Waals surface area contributed by atoms with Gasteiger partial charge in [-0.25, -0.2) is 4.99 Å². The van der Waals surface area contributed by atoms with E-state index in [2.05, 4.69) is 33.7 Å². The number of hydrogen-bond donors (Lipinski definition) is 0. The lowest BCUT2D eigenvalue weighted by molar-refractivity contribution is -0.384. The molecule has 3 heterocycles. The van der Waals surface area contributed by atoms with Crippen LogP contribution in [0.3, 0.4) is 0 Å². The Balaban J connectivity index is 1.43. The van der Waals surface area contributed by atoms with Crippen molar-refractivity contribution in [2.45, 2.75) is 6.61 Å². The van der Waals surface area contributed by atoms with Gasteiger partial charge in [0.1, 0.15) is 24.0 Å². The Hall–Kier alpha value is -4.83. The van der Waals surface area contributed by atoms with Gasteiger partial charge < -0.3 is 22.7 Å². The number of benzene rings is 2. The van der Waals surface area contributed by atoms with Crippen molar-refractivity contribution in [3.63, 3.8) is 0 Å². The largest absolute Gasteiger partial charge is 0.493 e. The molecule has 0 amide bonds. The van der Waals surface area contributed by atoms with Crippen LogP contribution in [0.5, 0.6) is 11.5 Å². The number of furan rings is 3. The number of nitro benzene ring substituents is 1. The average molecular weight is 635 g/mol. The third-order valence-electron chi connectivity index (χ3n) is 5.63. The monoisotopic (exact) mass is 635 g/mol. The van der Waals surface area contributed by atoms with Crippen molar-refractivity contribution in [1.82, 2.24) is 0 Å². The highest BCUT2D eigenvalue weighted by atomic mass is 127. The summed E-state index contributed by atoms with van der Waals surface area (Å²) in [6.07, 6.45) is 4.58. The number of hydrogen-bond acceptors (Lipinski definition) is 9. The maximum absolute atomic E-state index is 10.9. The smallest absolute Gasteiger partial charge is 0.269 e. The molecule has 0 unspecified atom stereocenters. The number of aliphatic imine (C=N–C) groups is 1. The van der Waals surface area contributed by atoms with Gasteiger partial charge in [-0.1, -0.05) is 0 Å². The number of nitro groups is 1. The van der Waals surface area contributed by atoms with E-state index in [4.69, 9.17) is 22.7 Å². The second kappa shape index (κ2) is 11.3. The zero-order valence-electron chi connectivity index (χ0n) is 20.3. The van der Waals surface area contributed by atoms with Crippen molar-refractivity contribution in [3.05, 3.63) is 104 Å². The maximum atomic E-state index is 10.9. The minimum absolute atomic E-state index is 0.0122. The van der Waals surface area contributed by atoms with Crippen LogP contribution < -0.4 is 9.47 Å². The first kappa shape index (κ1) is 25.8. The van der Waals surface area contributed by atoms with Gasteiger partial charge in [0.2, 0.25) is 5.88 Å². The first-order valence-corrected chi connectivity index (χ1v) is 12.5. The van der Waals surface area contributed by atoms with Crippen molar-refractivity contribution < 1.29 is 27.6 Å². The molecule has 5 aromatic rings. The molecule has 0 atom stereocenters. The number of methoxy groups -OCH3 is 1. The van der Waals surface area contributed by atoms with Gasteiger partial charge in [-0.15, -0.1) is 0 Å². The van der Waals surface area contributed by atoms with E-state index in [0.717, 1.165) is 9.13 Å². The SMILES string of the molecule is COc1cc(C=Nc2oc(-c3ccco3)c(-c3ccco3)c2C#N)cc(I)c1OCc1ccc([N+](=O)[O-])cc1. The van der Waals surface area contributed by atoms with E-state index in [-0.39, 0.29) is 23.7 Å². The summed E-state index contributed by atoms with van der Waals surface area (Å²) < 4.78 is 29.3. The summed E-state index contributed by atoms with van der Waals surface area (Å²) in [5, 5.41) is 20.8. The molecule has 10 nitrogen and oxygen atoms in total. The Morgan fingerprint density at radius 1 is 1.10 bits per heavy atom. The highest BCUT2D eigenvalue weighted by Crippen LogP contribution is 2.43. The van der Waals surface area contributed by atoms with Gasteiger partial charge in [0.05, 0.1) is 33.7 Å². The number of halogens is 1. The van der Waals surface area contributed by atoms with Gasteiger partial charge in [-0.3, -0.25) is 10.1 Å². The maximum Gasteiger partial charge on any atom is 0.269 e.